The number of rotatable bonds is 7. The monoisotopic (exact) mass is 465 g/mol. The van der Waals surface area contributed by atoms with Gasteiger partial charge in [0.25, 0.3) is 0 Å². The van der Waals surface area contributed by atoms with Gasteiger partial charge in [0.15, 0.2) is 0 Å². The molecule has 1 aromatic carbocycles. The van der Waals surface area contributed by atoms with Crippen LogP contribution in [0.1, 0.15) is 18.9 Å². The predicted octanol–water partition coefficient (Wildman–Crippen LogP) is 0.517. The topological polar surface area (TPSA) is 111 Å². The van der Waals surface area contributed by atoms with E-state index in [0.717, 1.165) is 30.8 Å². The van der Waals surface area contributed by atoms with Crippen LogP contribution in [0.5, 0.6) is 0 Å². The molecular formula is C24H31N7O3. The van der Waals surface area contributed by atoms with Gasteiger partial charge in [-0.2, -0.15) is 0 Å². The molecule has 1 atom stereocenters. The number of aryl methyl sites for hydroxylation is 1. The highest BCUT2D eigenvalue weighted by Crippen LogP contribution is 2.18. The number of amides is 3. The summed E-state index contributed by atoms with van der Waals surface area (Å²) in [6.07, 6.45) is 4.15. The van der Waals surface area contributed by atoms with Crippen LogP contribution in [0.25, 0.3) is 0 Å². The molecule has 3 heterocycles. The highest BCUT2D eigenvalue weighted by molar-refractivity contribution is 5.98. The van der Waals surface area contributed by atoms with Gasteiger partial charge >= 0.3 is 0 Å². The number of hydrogen-bond acceptors (Lipinski definition) is 7. The first-order chi connectivity index (χ1) is 16.5. The molecule has 1 aromatic heterocycles. The van der Waals surface area contributed by atoms with E-state index >= 15 is 0 Å². The van der Waals surface area contributed by atoms with E-state index in [9.17, 15) is 14.4 Å². The zero-order valence-corrected chi connectivity index (χ0v) is 19.4. The third-order valence-electron chi connectivity index (χ3n) is 6.27. The maximum atomic E-state index is 13.1. The number of carbonyl (C=O) groups excluding carboxylic acids is 3. The van der Waals surface area contributed by atoms with Crippen molar-refractivity contribution in [2.75, 3.05) is 56.0 Å². The quantitative estimate of drug-likeness (QED) is 0.613. The molecule has 0 aliphatic carbocycles. The third kappa shape index (κ3) is 5.69. The Morgan fingerprint density at radius 1 is 1.06 bits per heavy atom. The number of anilines is 2. The van der Waals surface area contributed by atoms with Crippen LogP contribution in [0.3, 0.4) is 0 Å². The standard InChI is InChI=1S/C24H31N7O3/c1-2-18-6-3-4-7-19(18)28-21(32)16-20-23(34)25-10-11-31(20)22(33)17-29-12-14-30(15-13-29)24-26-8-5-9-27-24/h3-9,20H,2,10-17H2,1H3,(H,25,34)(H,28,32)/t20-/m0/s1. The van der Waals surface area contributed by atoms with Gasteiger partial charge in [0, 0.05) is 57.3 Å². The summed E-state index contributed by atoms with van der Waals surface area (Å²) in [5.74, 6) is -0.00952. The SMILES string of the molecule is CCc1ccccc1NC(=O)C[C@H]1C(=O)NCCN1C(=O)CN1CCN(c2ncccn2)CC1. The second-order valence-electron chi connectivity index (χ2n) is 8.47. The smallest absolute Gasteiger partial charge is 0.243 e. The summed E-state index contributed by atoms with van der Waals surface area (Å²) in [5.41, 5.74) is 1.77. The molecule has 2 aliphatic rings. The maximum absolute atomic E-state index is 13.1. The van der Waals surface area contributed by atoms with Crippen LogP contribution in [0.2, 0.25) is 0 Å². The van der Waals surface area contributed by atoms with Gasteiger partial charge in [-0.3, -0.25) is 19.3 Å². The Kier molecular flexibility index (Phi) is 7.69. The van der Waals surface area contributed by atoms with E-state index in [1.807, 2.05) is 31.2 Å². The fourth-order valence-corrected chi connectivity index (χ4v) is 4.39. The Labute approximate surface area is 199 Å². The fraction of sp³-hybridized carbons (Fsp3) is 0.458. The molecule has 34 heavy (non-hydrogen) atoms. The lowest BCUT2D eigenvalue weighted by Gasteiger charge is -2.38. The van der Waals surface area contributed by atoms with Crippen LogP contribution < -0.4 is 15.5 Å². The lowest BCUT2D eigenvalue weighted by molar-refractivity contribution is -0.145. The van der Waals surface area contributed by atoms with E-state index in [1.54, 1.807) is 23.4 Å². The zero-order valence-electron chi connectivity index (χ0n) is 19.4. The fourth-order valence-electron chi connectivity index (χ4n) is 4.39. The predicted molar refractivity (Wildman–Crippen MR) is 128 cm³/mol. The number of aromatic nitrogens is 2. The second-order valence-corrected chi connectivity index (χ2v) is 8.47. The van der Waals surface area contributed by atoms with Gasteiger partial charge < -0.3 is 20.4 Å². The van der Waals surface area contributed by atoms with Gasteiger partial charge in [-0.05, 0) is 24.1 Å². The van der Waals surface area contributed by atoms with Crippen LogP contribution in [-0.2, 0) is 20.8 Å². The maximum Gasteiger partial charge on any atom is 0.243 e. The highest BCUT2D eigenvalue weighted by Gasteiger charge is 2.35. The molecule has 2 aromatic rings. The van der Waals surface area contributed by atoms with E-state index in [2.05, 4.69) is 30.4 Å². The number of hydrogen-bond donors (Lipinski definition) is 2. The number of carbonyl (C=O) groups is 3. The van der Waals surface area contributed by atoms with Crippen molar-refractivity contribution in [3.63, 3.8) is 0 Å². The molecule has 4 rings (SSSR count). The van der Waals surface area contributed by atoms with Crippen molar-refractivity contribution in [1.82, 2.24) is 25.1 Å². The molecule has 2 fully saturated rings. The molecule has 10 heteroatoms. The van der Waals surface area contributed by atoms with Gasteiger partial charge in [0.1, 0.15) is 6.04 Å². The lowest BCUT2D eigenvalue weighted by Crippen LogP contribution is -2.60. The Hall–Kier alpha value is -3.53. The van der Waals surface area contributed by atoms with E-state index in [0.29, 0.717) is 32.1 Å². The number of benzene rings is 1. The van der Waals surface area contributed by atoms with Crippen molar-refractivity contribution in [3.05, 3.63) is 48.3 Å². The summed E-state index contributed by atoms with van der Waals surface area (Å²) in [7, 11) is 0. The molecule has 0 bridgehead atoms. The summed E-state index contributed by atoms with van der Waals surface area (Å²) >= 11 is 0. The number of nitrogens with zero attached hydrogens (tertiary/aromatic N) is 5. The summed E-state index contributed by atoms with van der Waals surface area (Å²) in [5, 5.41) is 5.70. The van der Waals surface area contributed by atoms with Gasteiger partial charge in [-0.15, -0.1) is 0 Å². The summed E-state index contributed by atoms with van der Waals surface area (Å²) in [6.45, 7) is 5.86. The van der Waals surface area contributed by atoms with Gasteiger partial charge in [-0.25, -0.2) is 9.97 Å². The minimum Gasteiger partial charge on any atom is -0.353 e. The molecule has 0 spiro atoms. The summed E-state index contributed by atoms with van der Waals surface area (Å²) in [6, 6.07) is 8.57. The van der Waals surface area contributed by atoms with Gasteiger partial charge in [-0.1, -0.05) is 25.1 Å². The number of piperazine rings is 2. The molecule has 0 unspecified atom stereocenters. The largest absolute Gasteiger partial charge is 0.353 e. The zero-order chi connectivity index (χ0) is 23.9. The summed E-state index contributed by atoms with van der Waals surface area (Å²) < 4.78 is 0. The molecule has 2 aliphatic heterocycles. The molecule has 10 nitrogen and oxygen atoms in total. The van der Waals surface area contributed by atoms with Crippen molar-refractivity contribution >= 4 is 29.4 Å². The van der Waals surface area contributed by atoms with E-state index in [1.165, 1.54) is 0 Å². The first-order valence-corrected chi connectivity index (χ1v) is 11.7. The van der Waals surface area contributed by atoms with Gasteiger partial charge in [0.05, 0.1) is 13.0 Å². The van der Waals surface area contributed by atoms with Crippen LogP contribution in [0, 0.1) is 0 Å². The lowest BCUT2D eigenvalue weighted by atomic mass is 10.1. The van der Waals surface area contributed by atoms with Crippen LogP contribution >= 0.6 is 0 Å². The number of para-hydroxylation sites is 1. The highest BCUT2D eigenvalue weighted by atomic mass is 16.2. The third-order valence-corrected chi connectivity index (χ3v) is 6.27. The first kappa shape index (κ1) is 23.6. The molecule has 0 radical (unpaired) electrons. The van der Waals surface area contributed by atoms with Crippen molar-refractivity contribution in [2.45, 2.75) is 25.8 Å². The Morgan fingerprint density at radius 2 is 1.79 bits per heavy atom. The Bertz CT molecular complexity index is 1010. The minimum atomic E-state index is -0.811. The van der Waals surface area contributed by atoms with Crippen LogP contribution in [0.4, 0.5) is 11.6 Å². The van der Waals surface area contributed by atoms with E-state index < -0.39 is 6.04 Å². The summed E-state index contributed by atoms with van der Waals surface area (Å²) in [4.78, 5) is 52.8. The number of nitrogens with one attached hydrogen (secondary N) is 2. The van der Waals surface area contributed by atoms with Crippen molar-refractivity contribution in [2.24, 2.45) is 0 Å². The Morgan fingerprint density at radius 3 is 2.53 bits per heavy atom. The Balaban J connectivity index is 1.34. The van der Waals surface area contributed by atoms with Crippen molar-refractivity contribution in [1.29, 1.82) is 0 Å². The second kappa shape index (κ2) is 11.1. The minimum absolute atomic E-state index is 0.0747. The first-order valence-electron chi connectivity index (χ1n) is 11.7. The normalized spacial score (nSPS) is 19.0. The molecule has 2 saturated heterocycles. The van der Waals surface area contributed by atoms with Crippen LogP contribution in [-0.4, -0.2) is 89.3 Å². The average Bonchev–Trinajstić information content (AvgIpc) is 2.86. The molecular weight excluding hydrogens is 434 g/mol. The van der Waals surface area contributed by atoms with E-state index in [-0.39, 0.29) is 30.7 Å². The van der Waals surface area contributed by atoms with E-state index in [4.69, 9.17) is 0 Å². The molecule has 0 saturated carbocycles. The molecule has 2 N–H and O–H groups in total. The molecule has 3 amide bonds. The van der Waals surface area contributed by atoms with Crippen molar-refractivity contribution in [3.8, 4) is 0 Å². The van der Waals surface area contributed by atoms with Crippen molar-refractivity contribution < 1.29 is 14.4 Å². The van der Waals surface area contributed by atoms with Gasteiger partial charge in [0.2, 0.25) is 23.7 Å². The average molecular weight is 466 g/mol. The molecule has 180 valence electrons. The van der Waals surface area contributed by atoms with Crippen LogP contribution in [0.15, 0.2) is 42.7 Å².